The van der Waals surface area contributed by atoms with E-state index in [1.165, 1.54) is 44.0 Å². The lowest BCUT2D eigenvalue weighted by molar-refractivity contribution is -0.114. The van der Waals surface area contributed by atoms with E-state index >= 15 is 0 Å². The van der Waals surface area contributed by atoms with E-state index in [1.807, 2.05) is 6.07 Å². The second-order valence-electron chi connectivity index (χ2n) is 7.61. The van der Waals surface area contributed by atoms with Crippen molar-refractivity contribution < 1.29 is 22.7 Å². The van der Waals surface area contributed by atoms with Gasteiger partial charge in [-0.3, -0.25) is 9.10 Å². The Morgan fingerprint density at radius 3 is 2.51 bits per heavy atom. The highest BCUT2D eigenvalue weighted by Crippen LogP contribution is 2.34. The Kier molecular flexibility index (Phi) is 7.15. The number of aromatic nitrogens is 1. The summed E-state index contributed by atoms with van der Waals surface area (Å²) in [4.78, 5) is 13.0. The van der Waals surface area contributed by atoms with Crippen molar-refractivity contribution in [2.45, 2.75) is 11.8 Å². The fourth-order valence-electron chi connectivity index (χ4n) is 3.51. The van der Waals surface area contributed by atoms with Crippen molar-refractivity contribution in [1.82, 2.24) is 4.37 Å². The number of carbonyl (C=O) groups is 1. The van der Waals surface area contributed by atoms with Crippen LogP contribution in [0.15, 0.2) is 65.7 Å². The van der Waals surface area contributed by atoms with Crippen LogP contribution in [0.4, 0.5) is 11.4 Å². The third-order valence-corrected chi connectivity index (χ3v) is 8.10. The molecule has 0 aliphatic heterocycles. The molecule has 0 saturated heterocycles. The number of rotatable bonds is 8. The van der Waals surface area contributed by atoms with Gasteiger partial charge in [0.15, 0.2) is 0 Å². The summed E-state index contributed by atoms with van der Waals surface area (Å²) >= 11 is 7.64. The van der Waals surface area contributed by atoms with Crippen molar-refractivity contribution in [2.24, 2.45) is 0 Å². The number of carbonyl (C=O) groups excluding carboxylic acids is 1. The molecule has 0 radical (unpaired) electrons. The molecule has 1 amide bonds. The standard InChI is InChI=1S/C24H22ClN3O5S2/c1-15-4-7-21(33-3)23(10-15)35(30,31)28(18-6-8-20(32-2)19(25)12-18)14-24(29)27-17-5-9-22-16(11-17)13-26-34-22/h4-13H,14H2,1-3H3,(H,27,29). The molecule has 4 rings (SSSR count). The molecular weight excluding hydrogens is 510 g/mol. The number of nitrogens with zero attached hydrogens (tertiary/aromatic N) is 2. The normalized spacial score (nSPS) is 11.3. The Hall–Kier alpha value is -3.34. The monoisotopic (exact) mass is 531 g/mol. The largest absolute Gasteiger partial charge is 0.495 e. The van der Waals surface area contributed by atoms with Crippen molar-refractivity contribution in [3.8, 4) is 11.5 Å². The summed E-state index contributed by atoms with van der Waals surface area (Å²) in [7, 11) is -1.38. The molecule has 1 aromatic heterocycles. The van der Waals surface area contributed by atoms with E-state index in [0.717, 1.165) is 20.0 Å². The van der Waals surface area contributed by atoms with Crippen LogP contribution in [0, 0.1) is 6.92 Å². The van der Waals surface area contributed by atoms with Crippen LogP contribution in [0.5, 0.6) is 11.5 Å². The number of hydrogen-bond acceptors (Lipinski definition) is 7. The van der Waals surface area contributed by atoms with Crippen molar-refractivity contribution in [1.29, 1.82) is 0 Å². The summed E-state index contributed by atoms with van der Waals surface area (Å²) in [5.41, 5.74) is 1.45. The van der Waals surface area contributed by atoms with Gasteiger partial charge in [-0.25, -0.2) is 8.42 Å². The minimum atomic E-state index is -4.23. The van der Waals surface area contributed by atoms with Gasteiger partial charge in [-0.1, -0.05) is 17.7 Å². The molecule has 182 valence electrons. The molecule has 3 aromatic carbocycles. The number of nitrogens with one attached hydrogen (secondary N) is 1. The zero-order valence-corrected chi connectivity index (χ0v) is 21.5. The van der Waals surface area contributed by atoms with E-state index in [1.54, 1.807) is 43.5 Å². The lowest BCUT2D eigenvalue weighted by Crippen LogP contribution is -2.38. The zero-order valence-electron chi connectivity index (χ0n) is 19.1. The number of hydrogen-bond donors (Lipinski definition) is 1. The molecule has 1 N–H and O–H groups in total. The van der Waals surface area contributed by atoms with Crippen molar-refractivity contribution in [3.05, 3.63) is 71.4 Å². The van der Waals surface area contributed by atoms with Gasteiger partial charge in [0.1, 0.15) is 22.9 Å². The molecule has 0 bridgehead atoms. The Labute approximate surface area is 212 Å². The first kappa shape index (κ1) is 24.8. The Bertz CT molecular complexity index is 1500. The van der Waals surface area contributed by atoms with Crippen LogP contribution in [0.1, 0.15) is 5.56 Å². The number of sulfonamides is 1. The Balaban J connectivity index is 1.73. The van der Waals surface area contributed by atoms with Crippen LogP contribution in [0.25, 0.3) is 10.1 Å². The zero-order chi connectivity index (χ0) is 25.2. The average molecular weight is 532 g/mol. The highest BCUT2D eigenvalue weighted by Gasteiger charge is 2.31. The maximum atomic E-state index is 13.8. The topological polar surface area (TPSA) is 97.8 Å². The second-order valence-corrected chi connectivity index (χ2v) is 10.7. The third kappa shape index (κ3) is 5.19. The van der Waals surface area contributed by atoms with Crippen molar-refractivity contribution in [2.75, 3.05) is 30.4 Å². The van der Waals surface area contributed by atoms with Gasteiger partial charge in [0.05, 0.1) is 29.6 Å². The summed E-state index contributed by atoms with van der Waals surface area (Å²) < 4.78 is 44.3. The van der Waals surface area contributed by atoms with Gasteiger partial charge < -0.3 is 14.8 Å². The van der Waals surface area contributed by atoms with Crippen LogP contribution >= 0.6 is 23.1 Å². The number of anilines is 2. The van der Waals surface area contributed by atoms with Gasteiger partial charge in [0.25, 0.3) is 10.0 Å². The third-order valence-electron chi connectivity index (χ3n) is 5.23. The van der Waals surface area contributed by atoms with E-state index in [2.05, 4.69) is 9.69 Å². The number of aryl methyl sites for hydroxylation is 1. The summed E-state index contributed by atoms with van der Waals surface area (Å²) in [5.74, 6) is 0.00808. The quantitative estimate of drug-likeness (QED) is 0.339. The predicted octanol–water partition coefficient (Wildman–Crippen LogP) is 5.11. The first-order valence-electron chi connectivity index (χ1n) is 10.4. The number of fused-ring (bicyclic) bond motifs is 1. The molecule has 0 spiro atoms. The van der Waals surface area contributed by atoms with Gasteiger partial charge in [-0.15, -0.1) is 0 Å². The van der Waals surface area contributed by atoms with Crippen LogP contribution in [0.3, 0.4) is 0 Å². The summed E-state index contributed by atoms with van der Waals surface area (Å²) in [6, 6.07) is 14.7. The minimum absolute atomic E-state index is 0.0643. The van der Waals surface area contributed by atoms with E-state index in [4.69, 9.17) is 21.1 Å². The van der Waals surface area contributed by atoms with E-state index in [9.17, 15) is 13.2 Å². The molecular formula is C24H22ClN3O5S2. The van der Waals surface area contributed by atoms with Crippen LogP contribution in [-0.2, 0) is 14.8 Å². The number of amides is 1. The fourth-order valence-corrected chi connectivity index (χ4v) is 6.04. The van der Waals surface area contributed by atoms with E-state index in [0.29, 0.717) is 11.4 Å². The lowest BCUT2D eigenvalue weighted by Gasteiger charge is -2.25. The SMILES string of the molecule is COc1ccc(N(CC(=O)Nc2ccc3sncc3c2)S(=O)(=O)c2cc(C)ccc2OC)cc1Cl. The molecule has 0 aliphatic rings. The van der Waals surface area contributed by atoms with Crippen molar-refractivity contribution >= 4 is 60.5 Å². The smallest absolute Gasteiger partial charge is 0.268 e. The maximum Gasteiger partial charge on any atom is 0.268 e. The first-order chi connectivity index (χ1) is 16.7. The highest BCUT2D eigenvalue weighted by atomic mass is 35.5. The molecule has 0 atom stereocenters. The Morgan fingerprint density at radius 2 is 1.80 bits per heavy atom. The van der Waals surface area contributed by atoms with E-state index in [-0.39, 0.29) is 21.4 Å². The summed E-state index contributed by atoms with van der Waals surface area (Å²) in [6.45, 7) is 1.28. The van der Waals surface area contributed by atoms with Crippen molar-refractivity contribution in [3.63, 3.8) is 0 Å². The first-order valence-corrected chi connectivity index (χ1v) is 13.0. The molecule has 0 saturated carbocycles. The molecule has 35 heavy (non-hydrogen) atoms. The number of methoxy groups -OCH3 is 2. The molecule has 11 heteroatoms. The van der Waals surface area contributed by atoms with Gasteiger partial charge in [0, 0.05) is 17.3 Å². The second kappa shape index (κ2) is 10.1. The summed E-state index contributed by atoms with van der Waals surface area (Å²) in [5, 5.41) is 3.85. The Morgan fingerprint density at radius 1 is 1.06 bits per heavy atom. The molecule has 0 unspecified atom stereocenters. The van der Waals surface area contributed by atoms with Gasteiger partial charge in [0.2, 0.25) is 5.91 Å². The number of ether oxygens (including phenoxy) is 2. The average Bonchev–Trinajstić information content (AvgIpc) is 3.30. The van der Waals surface area contributed by atoms with Crippen LogP contribution in [-0.4, -0.2) is 39.5 Å². The lowest BCUT2D eigenvalue weighted by atomic mass is 10.2. The number of halogens is 1. The van der Waals surface area contributed by atoms with Gasteiger partial charge >= 0.3 is 0 Å². The van der Waals surface area contributed by atoms with Gasteiger partial charge in [-0.2, -0.15) is 4.37 Å². The van der Waals surface area contributed by atoms with E-state index < -0.39 is 22.5 Å². The van der Waals surface area contributed by atoms with Crippen LogP contribution < -0.4 is 19.1 Å². The van der Waals surface area contributed by atoms with Gasteiger partial charge in [-0.05, 0) is 72.6 Å². The summed E-state index contributed by atoms with van der Waals surface area (Å²) in [6.07, 6.45) is 1.70. The molecule has 0 aliphatic carbocycles. The predicted molar refractivity (Wildman–Crippen MR) is 139 cm³/mol. The molecule has 8 nitrogen and oxygen atoms in total. The number of benzene rings is 3. The highest BCUT2D eigenvalue weighted by molar-refractivity contribution is 7.93. The van der Waals surface area contributed by atoms with Crippen LogP contribution in [0.2, 0.25) is 5.02 Å². The fraction of sp³-hybridized carbons (Fsp3) is 0.167. The molecule has 0 fully saturated rings. The maximum absolute atomic E-state index is 13.8. The molecule has 4 aromatic rings. The minimum Gasteiger partial charge on any atom is -0.495 e. The molecule has 1 heterocycles.